The molecule has 0 saturated carbocycles. The first-order valence-corrected chi connectivity index (χ1v) is 6.60. The van der Waals surface area contributed by atoms with Crippen molar-refractivity contribution in [3.63, 3.8) is 0 Å². The van der Waals surface area contributed by atoms with Crippen LogP contribution in [0.4, 0.5) is 5.95 Å². The molecule has 0 aliphatic carbocycles. The lowest BCUT2D eigenvalue weighted by Crippen LogP contribution is -2.37. The molecular formula is C13H20N4O2. The monoisotopic (exact) mass is 264 g/mol. The Labute approximate surface area is 113 Å². The Bertz CT molecular complexity index is 399. The van der Waals surface area contributed by atoms with Crippen LogP contribution < -0.4 is 10.2 Å². The quantitative estimate of drug-likeness (QED) is 0.862. The summed E-state index contributed by atoms with van der Waals surface area (Å²) >= 11 is 0. The predicted octanol–water partition coefficient (Wildman–Crippen LogP) is 0.598. The van der Waals surface area contributed by atoms with Crippen LogP contribution in [0, 0.1) is 0 Å². The van der Waals surface area contributed by atoms with E-state index in [2.05, 4.69) is 20.2 Å². The SMILES string of the molecule is COCC(=O)N[C@H]1CCCN(c2ncccn2)CC1. The minimum atomic E-state index is -0.0445. The third kappa shape index (κ3) is 4.17. The molecule has 0 bridgehead atoms. The fourth-order valence-electron chi connectivity index (χ4n) is 2.30. The second kappa shape index (κ2) is 7.04. The van der Waals surface area contributed by atoms with Crippen molar-refractivity contribution in [1.82, 2.24) is 15.3 Å². The molecular weight excluding hydrogens is 244 g/mol. The number of hydrogen-bond donors (Lipinski definition) is 1. The molecule has 1 amide bonds. The molecule has 104 valence electrons. The van der Waals surface area contributed by atoms with E-state index in [-0.39, 0.29) is 18.6 Å². The Kier molecular flexibility index (Phi) is 5.09. The van der Waals surface area contributed by atoms with E-state index < -0.39 is 0 Å². The first-order valence-electron chi connectivity index (χ1n) is 6.60. The van der Waals surface area contributed by atoms with Crippen LogP contribution in [0.1, 0.15) is 19.3 Å². The highest BCUT2D eigenvalue weighted by atomic mass is 16.5. The molecule has 0 aromatic carbocycles. The number of methoxy groups -OCH3 is 1. The molecule has 1 saturated heterocycles. The summed E-state index contributed by atoms with van der Waals surface area (Å²) in [6, 6.07) is 2.03. The van der Waals surface area contributed by atoms with Crippen molar-refractivity contribution in [2.75, 3.05) is 31.7 Å². The van der Waals surface area contributed by atoms with Gasteiger partial charge in [0, 0.05) is 38.6 Å². The van der Waals surface area contributed by atoms with Crippen molar-refractivity contribution in [2.24, 2.45) is 0 Å². The van der Waals surface area contributed by atoms with E-state index >= 15 is 0 Å². The maximum Gasteiger partial charge on any atom is 0.246 e. The highest BCUT2D eigenvalue weighted by Gasteiger charge is 2.19. The van der Waals surface area contributed by atoms with Gasteiger partial charge in [0.25, 0.3) is 0 Å². The minimum absolute atomic E-state index is 0.0445. The summed E-state index contributed by atoms with van der Waals surface area (Å²) in [5, 5.41) is 3.00. The zero-order valence-corrected chi connectivity index (χ0v) is 11.2. The summed E-state index contributed by atoms with van der Waals surface area (Å²) < 4.78 is 4.82. The van der Waals surface area contributed by atoms with Crippen molar-refractivity contribution in [3.05, 3.63) is 18.5 Å². The van der Waals surface area contributed by atoms with E-state index in [4.69, 9.17) is 4.74 Å². The number of nitrogens with one attached hydrogen (secondary N) is 1. The first-order chi connectivity index (χ1) is 9.29. The van der Waals surface area contributed by atoms with E-state index in [9.17, 15) is 4.79 Å². The van der Waals surface area contributed by atoms with Crippen molar-refractivity contribution in [3.8, 4) is 0 Å². The molecule has 1 aromatic heterocycles. The molecule has 2 rings (SSSR count). The van der Waals surface area contributed by atoms with E-state index in [1.54, 1.807) is 12.4 Å². The molecule has 6 nitrogen and oxygen atoms in total. The largest absolute Gasteiger partial charge is 0.375 e. The Morgan fingerprint density at radius 2 is 2.21 bits per heavy atom. The van der Waals surface area contributed by atoms with Gasteiger partial charge in [0.1, 0.15) is 6.61 Å². The summed E-state index contributed by atoms with van der Waals surface area (Å²) in [5.74, 6) is 0.725. The lowest BCUT2D eigenvalue weighted by Gasteiger charge is -2.20. The summed E-state index contributed by atoms with van der Waals surface area (Å²) in [7, 11) is 1.53. The molecule has 1 N–H and O–H groups in total. The molecule has 2 heterocycles. The zero-order chi connectivity index (χ0) is 13.5. The molecule has 1 aromatic rings. The molecule has 1 fully saturated rings. The Morgan fingerprint density at radius 1 is 1.42 bits per heavy atom. The van der Waals surface area contributed by atoms with Crippen LogP contribution in [0.2, 0.25) is 0 Å². The van der Waals surface area contributed by atoms with Crippen LogP contribution in [0.25, 0.3) is 0 Å². The third-order valence-electron chi connectivity index (χ3n) is 3.20. The predicted molar refractivity (Wildman–Crippen MR) is 71.9 cm³/mol. The minimum Gasteiger partial charge on any atom is -0.375 e. The number of ether oxygens (including phenoxy) is 1. The maximum atomic E-state index is 11.5. The molecule has 0 spiro atoms. The van der Waals surface area contributed by atoms with Gasteiger partial charge in [0.05, 0.1) is 0 Å². The average molecular weight is 264 g/mol. The van der Waals surface area contributed by atoms with E-state index in [1.807, 2.05) is 6.07 Å². The fraction of sp³-hybridized carbons (Fsp3) is 0.615. The van der Waals surface area contributed by atoms with Gasteiger partial charge in [-0.1, -0.05) is 0 Å². The summed E-state index contributed by atoms with van der Waals surface area (Å²) in [6.45, 7) is 1.92. The van der Waals surface area contributed by atoms with Crippen LogP contribution in [-0.4, -0.2) is 48.7 Å². The number of amides is 1. The highest BCUT2D eigenvalue weighted by molar-refractivity contribution is 5.77. The zero-order valence-electron chi connectivity index (χ0n) is 11.2. The van der Waals surface area contributed by atoms with Crippen molar-refractivity contribution >= 4 is 11.9 Å². The van der Waals surface area contributed by atoms with Gasteiger partial charge in [-0.05, 0) is 25.3 Å². The standard InChI is InChI=1S/C13H20N4O2/c1-19-10-12(18)16-11-4-2-8-17(9-5-11)13-14-6-3-7-15-13/h3,6-7,11H,2,4-5,8-10H2,1H3,(H,16,18)/t11-/m0/s1. The number of nitrogens with zero attached hydrogens (tertiary/aromatic N) is 3. The van der Waals surface area contributed by atoms with Gasteiger partial charge in [-0.15, -0.1) is 0 Å². The number of hydrogen-bond acceptors (Lipinski definition) is 5. The normalized spacial score (nSPS) is 19.8. The molecule has 6 heteroatoms. The molecule has 1 aliphatic heterocycles. The van der Waals surface area contributed by atoms with Crippen LogP contribution >= 0.6 is 0 Å². The van der Waals surface area contributed by atoms with Gasteiger partial charge >= 0.3 is 0 Å². The van der Waals surface area contributed by atoms with Crippen molar-refractivity contribution < 1.29 is 9.53 Å². The van der Waals surface area contributed by atoms with Crippen molar-refractivity contribution in [2.45, 2.75) is 25.3 Å². The molecule has 19 heavy (non-hydrogen) atoms. The van der Waals surface area contributed by atoms with E-state index in [1.165, 1.54) is 7.11 Å². The summed E-state index contributed by atoms with van der Waals surface area (Å²) in [6.07, 6.45) is 6.43. The van der Waals surface area contributed by atoms with Gasteiger partial charge in [0.15, 0.2) is 0 Å². The number of rotatable bonds is 4. The second-order valence-electron chi connectivity index (χ2n) is 4.66. The van der Waals surface area contributed by atoms with Gasteiger partial charge in [-0.3, -0.25) is 4.79 Å². The summed E-state index contributed by atoms with van der Waals surface area (Å²) in [5.41, 5.74) is 0. The van der Waals surface area contributed by atoms with E-state index in [0.29, 0.717) is 0 Å². The molecule has 1 aliphatic rings. The Morgan fingerprint density at radius 3 is 2.95 bits per heavy atom. The van der Waals surface area contributed by atoms with Crippen molar-refractivity contribution in [1.29, 1.82) is 0 Å². The average Bonchev–Trinajstić information content (AvgIpc) is 2.66. The number of aromatic nitrogens is 2. The fourth-order valence-corrected chi connectivity index (χ4v) is 2.30. The number of carbonyl (C=O) groups excluding carboxylic acids is 1. The lowest BCUT2D eigenvalue weighted by atomic mass is 10.1. The first kappa shape index (κ1) is 13.7. The molecule has 1 atom stereocenters. The molecule has 0 unspecified atom stereocenters. The highest BCUT2D eigenvalue weighted by Crippen LogP contribution is 2.15. The van der Waals surface area contributed by atoms with Gasteiger partial charge in [0.2, 0.25) is 11.9 Å². The van der Waals surface area contributed by atoms with Crippen LogP contribution in [-0.2, 0) is 9.53 Å². The lowest BCUT2D eigenvalue weighted by molar-refractivity contribution is -0.125. The van der Waals surface area contributed by atoms with Crippen LogP contribution in [0.5, 0.6) is 0 Å². The van der Waals surface area contributed by atoms with E-state index in [0.717, 1.165) is 38.3 Å². The Balaban J connectivity index is 1.86. The molecule has 0 radical (unpaired) electrons. The van der Waals surface area contributed by atoms with Crippen LogP contribution in [0.15, 0.2) is 18.5 Å². The van der Waals surface area contributed by atoms with Gasteiger partial charge in [-0.25, -0.2) is 9.97 Å². The van der Waals surface area contributed by atoms with Gasteiger partial charge in [-0.2, -0.15) is 0 Å². The maximum absolute atomic E-state index is 11.5. The van der Waals surface area contributed by atoms with Crippen LogP contribution in [0.3, 0.4) is 0 Å². The topological polar surface area (TPSA) is 67.3 Å². The Hall–Kier alpha value is -1.69. The number of carbonyl (C=O) groups is 1. The second-order valence-corrected chi connectivity index (χ2v) is 4.66. The smallest absolute Gasteiger partial charge is 0.246 e. The summed E-state index contributed by atoms with van der Waals surface area (Å²) in [4.78, 5) is 22.2. The number of anilines is 1. The van der Waals surface area contributed by atoms with Gasteiger partial charge < -0.3 is 15.0 Å². The third-order valence-corrected chi connectivity index (χ3v) is 3.20.